The van der Waals surface area contributed by atoms with Crippen LogP contribution in [0.5, 0.6) is 0 Å². The summed E-state index contributed by atoms with van der Waals surface area (Å²) >= 11 is 13.7. The number of hydrogen-bond acceptors (Lipinski definition) is 3. The van der Waals surface area contributed by atoms with Crippen LogP contribution in [0.3, 0.4) is 0 Å². The highest BCUT2D eigenvalue weighted by Crippen LogP contribution is 2.35. The fraction of sp³-hybridized carbons (Fsp3) is 0.312. The van der Waals surface area contributed by atoms with E-state index < -0.39 is 0 Å². The minimum Gasteiger partial charge on any atom is -0.327 e. The second-order valence-electron chi connectivity index (χ2n) is 5.01. The highest BCUT2D eigenvalue weighted by molar-refractivity contribution is 7.99. The van der Waals surface area contributed by atoms with Crippen molar-refractivity contribution in [2.75, 3.05) is 0 Å². The van der Waals surface area contributed by atoms with Crippen LogP contribution in [-0.2, 0) is 6.42 Å². The van der Waals surface area contributed by atoms with Gasteiger partial charge in [0.05, 0.1) is 5.02 Å². The van der Waals surface area contributed by atoms with Crippen molar-refractivity contribution in [3.05, 3.63) is 51.6 Å². The van der Waals surface area contributed by atoms with Crippen molar-refractivity contribution < 1.29 is 0 Å². The lowest BCUT2D eigenvalue weighted by molar-refractivity contribution is 0.644. The summed E-state index contributed by atoms with van der Waals surface area (Å²) in [6, 6.07) is 7.77. The third-order valence-corrected chi connectivity index (χ3v) is 5.06. The number of aromatic nitrogens is 1. The Morgan fingerprint density at radius 1 is 1.29 bits per heavy atom. The minimum absolute atomic E-state index is 0.187. The van der Waals surface area contributed by atoms with E-state index in [4.69, 9.17) is 28.9 Å². The summed E-state index contributed by atoms with van der Waals surface area (Å²) in [5.74, 6) is 0. The standard InChI is InChI=1S/C16H18Cl2N2S/c1-3-13(19)7-11-6-10(2)16(20-9-11)21-15-8-12(17)4-5-14(15)18/h4-6,8-9,13H,3,7,19H2,1-2H3. The predicted molar refractivity (Wildman–Crippen MR) is 91.5 cm³/mol. The summed E-state index contributed by atoms with van der Waals surface area (Å²) in [6.45, 7) is 4.14. The Kier molecular flexibility index (Phi) is 5.94. The molecule has 0 amide bonds. The molecule has 0 saturated heterocycles. The highest BCUT2D eigenvalue weighted by Gasteiger charge is 2.09. The number of hydrogen-bond donors (Lipinski definition) is 1. The van der Waals surface area contributed by atoms with Gasteiger partial charge in [-0.2, -0.15) is 0 Å². The lowest BCUT2D eigenvalue weighted by Crippen LogP contribution is -2.21. The van der Waals surface area contributed by atoms with Crippen LogP contribution in [-0.4, -0.2) is 11.0 Å². The van der Waals surface area contributed by atoms with E-state index in [-0.39, 0.29) is 6.04 Å². The van der Waals surface area contributed by atoms with Gasteiger partial charge in [0.2, 0.25) is 0 Å². The van der Waals surface area contributed by atoms with Gasteiger partial charge in [-0.1, -0.05) is 48.0 Å². The fourth-order valence-corrected chi connectivity index (χ4v) is 3.30. The SMILES string of the molecule is CCC(N)Cc1cnc(Sc2cc(Cl)ccc2Cl)c(C)c1. The van der Waals surface area contributed by atoms with Gasteiger partial charge in [0.25, 0.3) is 0 Å². The van der Waals surface area contributed by atoms with Gasteiger partial charge < -0.3 is 5.73 Å². The zero-order chi connectivity index (χ0) is 15.4. The normalized spacial score (nSPS) is 12.4. The first-order valence-electron chi connectivity index (χ1n) is 6.83. The van der Waals surface area contributed by atoms with Gasteiger partial charge in [-0.3, -0.25) is 0 Å². The third kappa shape index (κ3) is 4.62. The molecule has 0 fully saturated rings. The van der Waals surface area contributed by atoms with E-state index in [2.05, 4.69) is 24.9 Å². The van der Waals surface area contributed by atoms with E-state index in [0.717, 1.165) is 28.3 Å². The summed E-state index contributed by atoms with van der Waals surface area (Å²) < 4.78 is 0. The third-order valence-electron chi connectivity index (χ3n) is 3.21. The molecule has 0 spiro atoms. The topological polar surface area (TPSA) is 38.9 Å². The Bertz CT molecular complexity index is 632. The van der Waals surface area contributed by atoms with E-state index >= 15 is 0 Å². The van der Waals surface area contributed by atoms with Crippen LogP contribution >= 0.6 is 35.0 Å². The molecule has 0 aliphatic heterocycles. The summed E-state index contributed by atoms with van der Waals surface area (Å²) in [7, 11) is 0. The molecule has 1 heterocycles. The molecule has 1 unspecified atom stereocenters. The molecule has 0 radical (unpaired) electrons. The molecule has 21 heavy (non-hydrogen) atoms. The Labute approximate surface area is 140 Å². The maximum Gasteiger partial charge on any atom is 0.104 e. The minimum atomic E-state index is 0.187. The van der Waals surface area contributed by atoms with Crippen molar-refractivity contribution >= 4 is 35.0 Å². The van der Waals surface area contributed by atoms with E-state index in [9.17, 15) is 0 Å². The van der Waals surface area contributed by atoms with Crippen molar-refractivity contribution in [2.24, 2.45) is 5.73 Å². The van der Waals surface area contributed by atoms with Gasteiger partial charge in [-0.15, -0.1) is 0 Å². The van der Waals surface area contributed by atoms with Crippen molar-refractivity contribution in [2.45, 2.75) is 42.7 Å². The van der Waals surface area contributed by atoms with Crippen LogP contribution in [0.4, 0.5) is 0 Å². The largest absolute Gasteiger partial charge is 0.327 e. The Hall–Kier alpha value is -0.740. The van der Waals surface area contributed by atoms with Crippen LogP contribution < -0.4 is 5.73 Å². The van der Waals surface area contributed by atoms with Crippen LogP contribution in [0.15, 0.2) is 40.4 Å². The lowest BCUT2D eigenvalue weighted by Gasteiger charge is -2.11. The Morgan fingerprint density at radius 2 is 2.05 bits per heavy atom. The van der Waals surface area contributed by atoms with Gasteiger partial charge >= 0.3 is 0 Å². The second-order valence-corrected chi connectivity index (χ2v) is 6.89. The first-order chi connectivity index (χ1) is 9.99. The molecule has 2 aromatic rings. The Balaban J connectivity index is 2.19. The maximum absolute atomic E-state index is 6.19. The Morgan fingerprint density at radius 3 is 2.71 bits per heavy atom. The highest BCUT2D eigenvalue weighted by atomic mass is 35.5. The average Bonchev–Trinajstić information content (AvgIpc) is 2.45. The molecule has 0 bridgehead atoms. The van der Waals surface area contributed by atoms with Gasteiger partial charge in [0.15, 0.2) is 0 Å². The number of aryl methyl sites for hydroxylation is 1. The van der Waals surface area contributed by atoms with Crippen LogP contribution in [0.2, 0.25) is 10.0 Å². The van der Waals surface area contributed by atoms with Crippen molar-refractivity contribution in [1.29, 1.82) is 0 Å². The number of benzene rings is 1. The second kappa shape index (κ2) is 7.50. The summed E-state index contributed by atoms with van der Waals surface area (Å²) in [6.07, 6.45) is 3.71. The van der Waals surface area contributed by atoms with Crippen LogP contribution in [0.25, 0.3) is 0 Å². The number of rotatable bonds is 5. The van der Waals surface area contributed by atoms with E-state index in [1.165, 1.54) is 17.3 Å². The maximum atomic E-state index is 6.19. The van der Waals surface area contributed by atoms with Gasteiger partial charge in [0.1, 0.15) is 5.03 Å². The van der Waals surface area contributed by atoms with Crippen molar-refractivity contribution in [1.82, 2.24) is 4.98 Å². The van der Waals surface area contributed by atoms with Crippen molar-refractivity contribution in [3.8, 4) is 0 Å². The molecule has 112 valence electrons. The van der Waals surface area contributed by atoms with Gasteiger partial charge in [0, 0.05) is 22.2 Å². The summed E-state index contributed by atoms with van der Waals surface area (Å²) in [4.78, 5) is 5.45. The summed E-state index contributed by atoms with van der Waals surface area (Å²) in [5.41, 5.74) is 8.28. The first kappa shape index (κ1) is 16.6. The zero-order valence-electron chi connectivity index (χ0n) is 12.1. The summed E-state index contributed by atoms with van der Waals surface area (Å²) in [5, 5.41) is 2.29. The molecule has 1 aromatic heterocycles. The first-order valence-corrected chi connectivity index (χ1v) is 8.40. The molecule has 2 N–H and O–H groups in total. The predicted octanol–water partition coefficient (Wildman–Crippen LogP) is 5.13. The molecule has 0 aliphatic rings. The number of nitrogens with two attached hydrogens (primary N) is 1. The van der Waals surface area contributed by atoms with Gasteiger partial charge in [-0.05, 0) is 49.1 Å². The monoisotopic (exact) mass is 340 g/mol. The average molecular weight is 341 g/mol. The molecule has 0 saturated carbocycles. The van der Waals surface area contributed by atoms with E-state index in [1.54, 1.807) is 12.1 Å². The lowest BCUT2D eigenvalue weighted by atomic mass is 10.1. The van der Waals surface area contributed by atoms with Crippen LogP contribution in [0, 0.1) is 6.92 Å². The van der Waals surface area contributed by atoms with E-state index in [1.807, 2.05) is 12.3 Å². The van der Waals surface area contributed by atoms with Gasteiger partial charge in [-0.25, -0.2) is 4.98 Å². The number of nitrogens with zero attached hydrogens (tertiary/aromatic N) is 1. The number of halogens is 2. The molecule has 2 nitrogen and oxygen atoms in total. The van der Waals surface area contributed by atoms with E-state index in [0.29, 0.717) is 10.0 Å². The smallest absolute Gasteiger partial charge is 0.104 e. The zero-order valence-corrected chi connectivity index (χ0v) is 14.4. The molecular weight excluding hydrogens is 323 g/mol. The van der Waals surface area contributed by atoms with Crippen LogP contribution in [0.1, 0.15) is 24.5 Å². The van der Waals surface area contributed by atoms with Crippen molar-refractivity contribution in [3.63, 3.8) is 0 Å². The quantitative estimate of drug-likeness (QED) is 0.820. The fourth-order valence-electron chi connectivity index (χ4n) is 1.95. The molecule has 1 aromatic carbocycles. The molecule has 5 heteroatoms. The molecule has 1 atom stereocenters. The molecule has 2 rings (SSSR count). The molecule has 0 aliphatic carbocycles. The number of pyridine rings is 1. The molecular formula is C16H18Cl2N2S.